The molecule has 2 aromatic carbocycles. The Morgan fingerprint density at radius 3 is 2.50 bits per heavy atom. The predicted molar refractivity (Wildman–Crippen MR) is 100 cm³/mol. The summed E-state index contributed by atoms with van der Waals surface area (Å²) < 4.78 is 10.5. The number of nitrogens with zero attached hydrogens (tertiary/aromatic N) is 2. The number of nitro benzene ring substituents is 1. The average Bonchev–Trinajstić information content (AvgIpc) is 3.04. The molecule has 0 aliphatic rings. The summed E-state index contributed by atoms with van der Waals surface area (Å²) in [7, 11) is 6.95. The van der Waals surface area contributed by atoms with Gasteiger partial charge in [-0.05, 0) is 49.5 Å². The third-order valence-electron chi connectivity index (χ3n) is 4.45. The van der Waals surface area contributed by atoms with E-state index in [4.69, 9.17) is 9.47 Å². The first-order valence-corrected chi connectivity index (χ1v) is 8.10. The van der Waals surface area contributed by atoms with E-state index in [9.17, 15) is 10.1 Å². The zero-order valence-corrected chi connectivity index (χ0v) is 15.1. The molecule has 136 valence electrons. The minimum Gasteiger partial charge on any atom is -0.497 e. The Labute approximate surface area is 151 Å². The molecule has 26 heavy (non-hydrogen) atoms. The molecule has 0 saturated heterocycles. The highest BCUT2D eigenvalue weighted by Gasteiger charge is 2.24. The fourth-order valence-electron chi connectivity index (χ4n) is 3.25. The van der Waals surface area contributed by atoms with Crippen LogP contribution in [-0.4, -0.2) is 43.1 Å². The Morgan fingerprint density at radius 1 is 1.12 bits per heavy atom. The Bertz CT molecular complexity index is 949. The van der Waals surface area contributed by atoms with Gasteiger partial charge in [-0.25, -0.2) is 0 Å². The van der Waals surface area contributed by atoms with E-state index in [1.807, 2.05) is 49.5 Å². The number of methoxy groups -OCH3 is 2. The third-order valence-corrected chi connectivity index (χ3v) is 4.45. The van der Waals surface area contributed by atoms with Crippen LogP contribution in [0, 0.1) is 10.1 Å². The van der Waals surface area contributed by atoms with Gasteiger partial charge >= 0.3 is 5.69 Å². The van der Waals surface area contributed by atoms with E-state index in [-0.39, 0.29) is 17.5 Å². The topological polar surface area (TPSA) is 80.6 Å². The van der Waals surface area contributed by atoms with E-state index < -0.39 is 4.92 Å². The van der Waals surface area contributed by atoms with Crippen LogP contribution in [0.4, 0.5) is 5.69 Å². The second kappa shape index (κ2) is 7.05. The van der Waals surface area contributed by atoms with Crippen molar-refractivity contribution in [3.8, 4) is 11.5 Å². The molecule has 0 bridgehead atoms. The molecule has 0 amide bonds. The number of benzene rings is 2. The Morgan fingerprint density at radius 2 is 1.88 bits per heavy atom. The van der Waals surface area contributed by atoms with Crippen molar-refractivity contribution in [2.45, 2.75) is 6.04 Å². The first kappa shape index (κ1) is 17.8. The smallest absolute Gasteiger partial charge is 0.311 e. The minimum atomic E-state index is -0.423. The molecule has 1 unspecified atom stereocenters. The summed E-state index contributed by atoms with van der Waals surface area (Å²) in [5.74, 6) is 1.01. The molecular weight excluding hydrogens is 334 g/mol. The zero-order chi connectivity index (χ0) is 18.8. The molecule has 3 aromatic rings. The van der Waals surface area contributed by atoms with Gasteiger partial charge in [-0.15, -0.1) is 0 Å². The van der Waals surface area contributed by atoms with Crippen molar-refractivity contribution in [1.82, 2.24) is 9.88 Å². The van der Waals surface area contributed by atoms with Crippen LogP contribution in [0.1, 0.15) is 17.2 Å². The van der Waals surface area contributed by atoms with E-state index in [2.05, 4.69) is 4.98 Å². The molecule has 1 heterocycles. The second-order valence-corrected chi connectivity index (χ2v) is 6.21. The van der Waals surface area contributed by atoms with Gasteiger partial charge in [0.15, 0.2) is 5.75 Å². The van der Waals surface area contributed by atoms with Crippen LogP contribution in [-0.2, 0) is 0 Å². The summed E-state index contributed by atoms with van der Waals surface area (Å²) >= 11 is 0. The number of H-pyrrole nitrogens is 1. The Balaban J connectivity index is 2.17. The number of nitrogens with one attached hydrogen (secondary N) is 1. The first-order chi connectivity index (χ1) is 12.5. The quantitative estimate of drug-likeness (QED) is 0.538. The Kier molecular flexibility index (Phi) is 4.81. The molecule has 7 heteroatoms. The number of hydrogen-bond donors (Lipinski definition) is 1. The lowest BCUT2D eigenvalue weighted by atomic mass is 9.96. The first-order valence-electron chi connectivity index (χ1n) is 8.10. The van der Waals surface area contributed by atoms with Crippen LogP contribution in [0.15, 0.2) is 42.6 Å². The van der Waals surface area contributed by atoms with Gasteiger partial charge in [0.05, 0.1) is 25.2 Å². The zero-order valence-electron chi connectivity index (χ0n) is 15.1. The number of hydrogen-bond acceptors (Lipinski definition) is 5. The molecule has 0 fully saturated rings. The van der Waals surface area contributed by atoms with E-state index in [0.29, 0.717) is 0 Å². The van der Waals surface area contributed by atoms with Gasteiger partial charge < -0.3 is 14.5 Å². The molecule has 0 aliphatic heterocycles. The highest BCUT2D eigenvalue weighted by atomic mass is 16.6. The maximum atomic E-state index is 11.4. The summed E-state index contributed by atoms with van der Waals surface area (Å²) in [5.41, 5.74) is 2.76. The van der Waals surface area contributed by atoms with E-state index >= 15 is 0 Å². The summed E-state index contributed by atoms with van der Waals surface area (Å²) in [6.07, 6.45) is 1.94. The maximum Gasteiger partial charge on any atom is 0.311 e. The highest BCUT2D eigenvalue weighted by Crippen LogP contribution is 2.37. The van der Waals surface area contributed by atoms with Gasteiger partial charge in [0.1, 0.15) is 5.75 Å². The monoisotopic (exact) mass is 355 g/mol. The number of aromatic nitrogens is 1. The average molecular weight is 355 g/mol. The summed E-state index contributed by atoms with van der Waals surface area (Å²) in [6, 6.07) is 10.7. The summed E-state index contributed by atoms with van der Waals surface area (Å²) in [4.78, 5) is 16.3. The minimum absolute atomic E-state index is 0.0470. The van der Waals surface area contributed by atoms with E-state index in [0.717, 1.165) is 27.8 Å². The molecule has 0 spiro atoms. The lowest BCUT2D eigenvalue weighted by molar-refractivity contribution is -0.385. The largest absolute Gasteiger partial charge is 0.497 e. The fourth-order valence-corrected chi connectivity index (χ4v) is 3.25. The van der Waals surface area contributed by atoms with E-state index in [1.165, 1.54) is 7.11 Å². The van der Waals surface area contributed by atoms with Crippen LogP contribution < -0.4 is 9.47 Å². The number of aromatic amines is 1. The van der Waals surface area contributed by atoms with Crippen molar-refractivity contribution >= 4 is 16.6 Å². The molecule has 3 rings (SSSR count). The highest BCUT2D eigenvalue weighted by molar-refractivity contribution is 5.85. The van der Waals surface area contributed by atoms with Gasteiger partial charge in [0.2, 0.25) is 0 Å². The molecular formula is C19H21N3O4. The van der Waals surface area contributed by atoms with E-state index in [1.54, 1.807) is 19.2 Å². The third kappa shape index (κ3) is 3.09. The summed E-state index contributed by atoms with van der Waals surface area (Å²) in [5, 5.41) is 12.4. The van der Waals surface area contributed by atoms with Gasteiger partial charge in [-0.1, -0.05) is 6.07 Å². The standard InChI is InChI=1S/C19H21N3O4/c1-21(2)19(12-5-8-18(26-4)17(9-12)22(23)24)15-11-20-16-7-6-13(25-3)10-14(15)16/h5-11,19-20H,1-4H3. The molecule has 0 aliphatic carbocycles. The lowest BCUT2D eigenvalue weighted by Crippen LogP contribution is -2.21. The molecule has 0 saturated carbocycles. The van der Waals surface area contributed by atoms with Crippen molar-refractivity contribution < 1.29 is 14.4 Å². The predicted octanol–water partition coefficient (Wildman–Crippen LogP) is 3.74. The van der Waals surface area contributed by atoms with Gasteiger partial charge in [0.25, 0.3) is 0 Å². The van der Waals surface area contributed by atoms with Crippen LogP contribution >= 0.6 is 0 Å². The maximum absolute atomic E-state index is 11.4. The normalized spacial score (nSPS) is 12.3. The number of ether oxygens (including phenoxy) is 2. The van der Waals surface area contributed by atoms with Gasteiger partial charge in [-0.2, -0.15) is 0 Å². The molecule has 1 atom stereocenters. The van der Waals surface area contributed by atoms with Crippen LogP contribution in [0.3, 0.4) is 0 Å². The number of nitro groups is 1. The molecule has 1 aromatic heterocycles. The van der Waals surface area contributed by atoms with Crippen LogP contribution in [0.25, 0.3) is 10.9 Å². The van der Waals surface area contributed by atoms with Gasteiger partial charge in [-0.3, -0.25) is 15.0 Å². The van der Waals surface area contributed by atoms with Crippen molar-refractivity contribution in [2.75, 3.05) is 28.3 Å². The van der Waals surface area contributed by atoms with Crippen molar-refractivity contribution in [3.63, 3.8) is 0 Å². The second-order valence-electron chi connectivity index (χ2n) is 6.21. The van der Waals surface area contributed by atoms with Gasteiger partial charge in [0, 0.05) is 23.2 Å². The van der Waals surface area contributed by atoms with Crippen molar-refractivity contribution in [1.29, 1.82) is 0 Å². The molecule has 0 radical (unpaired) electrons. The molecule has 7 nitrogen and oxygen atoms in total. The molecule has 1 N–H and O–H groups in total. The summed E-state index contributed by atoms with van der Waals surface area (Å²) in [6.45, 7) is 0. The van der Waals surface area contributed by atoms with Crippen LogP contribution in [0.2, 0.25) is 0 Å². The number of rotatable bonds is 6. The SMILES string of the molecule is COc1ccc2[nH]cc(C(c3ccc(OC)c([N+](=O)[O-])c3)N(C)C)c2c1. The van der Waals surface area contributed by atoms with Crippen molar-refractivity contribution in [2.24, 2.45) is 0 Å². The Hall–Kier alpha value is -3.06. The lowest BCUT2D eigenvalue weighted by Gasteiger charge is -2.25. The fraction of sp³-hybridized carbons (Fsp3) is 0.263. The van der Waals surface area contributed by atoms with Crippen molar-refractivity contribution in [3.05, 3.63) is 63.8 Å². The number of fused-ring (bicyclic) bond motifs is 1. The van der Waals surface area contributed by atoms with Crippen LogP contribution in [0.5, 0.6) is 11.5 Å².